The molecule has 0 saturated carbocycles. The van der Waals surface area contributed by atoms with Crippen molar-refractivity contribution in [1.82, 2.24) is 9.97 Å². The first-order chi connectivity index (χ1) is 14.1. The van der Waals surface area contributed by atoms with Crippen LogP contribution in [-0.2, 0) is 12.7 Å². The minimum Gasteiger partial charge on any atom is -0.459 e. The molecule has 0 atom stereocenters. The van der Waals surface area contributed by atoms with Gasteiger partial charge in [-0.05, 0) is 36.8 Å². The minimum atomic E-state index is -4.80. The molecule has 2 N–H and O–H groups in total. The maximum atomic E-state index is 13.3. The molecule has 3 aromatic rings. The first-order valence-corrected chi connectivity index (χ1v) is 8.50. The Morgan fingerprint density at radius 3 is 2.50 bits per heavy atom. The van der Waals surface area contributed by atoms with E-state index in [4.69, 9.17) is 4.42 Å². The second-order valence-corrected chi connectivity index (χ2v) is 6.16. The molecule has 0 aliphatic carbocycles. The van der Waals surface area contributed by atoms with E-state index in [-0.39, 0.29) is 28.8 Å². The Labute approximate surface area is 167 Å². The number of nitrogens with zero attached hydrogens (tertiary/aromatic N) is 3. The van der Waals surface area contributed by atoms with Gasteiger partial charge in [-0.2, -0.15) is 18.2 Å². The maximum Gasteiger partial charge on any atom is 0.416 e. The van der Waals surface area contributed by atoms with Crippen LogP contribution < -0.4 is 10.6 Å². The van der Waals surface area contributed by atoms with Gasteiger partial charge in [0, 0.05) is 13.6 Å². The molecule has 3 rings (SSSR count). The molecular weight excluding hydrogens is 410 g/mol. The van der Waals surface area contributed by atoms with Crippen LogP contribution in [0.1, 0.15) is 16.9 Å². The van der Waals surface area contributed by atoms with Crippen LogP contribution >= 0.6 is 0 Å². The van der Waals surface area contributed by atoms with Gasteiger partial charge in [-0.1, -0.05) is 6.07 Å². The SMILES string of the molecule is CNc1nc(NCc2ccc(F)cc2C(F)(F)F)c([N+](=O)[O-])c(-c2ccc(C)o2)n1. The number of hydrogen-bond acceptors (Lipinski definition) is 7. The number of anilines is 2. The Balaban J connectivity index is 2.06. The summed E-state index contributed by atoms with van der Waals surface area (Å²) in [6.45, 7) is 1.15. The van der Waals surface area contributed by atoms with E-state index in [1.807, 2.05) is 0 Å². The van der Waals surface area contributed by atoms with E-state index in [9.17, 15) is 27.7 Å². The molecule has 158 valence electrons. The smallest absolute Gasteiger partial charge is 0.416 e. The Morgan fingerprint density at radius 1 is 1.20 bits per heavy atom. The van der Waals surface area contributed by atoms with E-state index >= 15 is 0 Å². The molecule has 0 radical (unpaired) electrons. The highest BCUT2D eigenvalue weighted by Crippen LogP contribution is 2.37. The van der Waals surface area contributed by atoms with Crippen molar-refractivity contribution in [3.63, 3.8) is 0 Å². The van der Waals surface area contributed by atoms with Gasteiger partial charge in [-0.3, -0.25) is 10.1 Å². The summed E-state index contributed by atoms with van der Waals surface area (Å²) in [5.41, 5.74) is -2.22. The molecular formula is C18H15F4N5O3. The largest absolute Gasteiger partial charge is 0.459 e. The number of halogens is 4. The predicted molar refractivity (Wildman–Crippen MR) is 99.4 cm³/mol. The lowest BCUT2D eigenvalue weighted by atomic mass is 10.1. The zero-order valence-corrected chi connectivity index (χ0v) is 15.7. The Hall–Kier alpha value is -3.70. The van der Waals surface area contributed by atoms with Crippen LogP contribution in [0.25, 0.3) is 11.5 Å². The van der Waals surface area contributed by atoms with Crippen molar-refractivity contribution < 1.29 is 26.9 Å². The Bertz CT molecular complexity index is 1100. The summed E-state index contributed by atoms with van der Waals surface area (Å²) in [7, 11) is 1.48. The average molecular weight is 425 g/mol. The molecule has 0 saturated heterocycles. The number of rotatable bonds is 6. The molecule has 0 bridgehead atoms. The molecule has 30 heavy (non-hydrogen) atoms. The van der Waals surface area contributed by atoms with E-state index in [1.54, 1.807) is 13.0 Å². The van der Waals surface area contributed by atoms with Crippen LogP contribution in [0, 0.1) is 22.9 Å². The van der Waals surface area contributed by atoms with Crippen molar-refractivity contribution in [2.45, 2.75) is 19.6 Å². The molecule has 2 heterocycles. The fraction of sp³-hybridized carbons (Fsp3) is 0.222. The molecule has 0 spiro atoms. The van der Waals surface area contributed by atoms with Crippen molar-refractivity contribution in [1.29, 1.82) is 0 Å². The first-order valence-electron chi connectivity index (χ1n) is 8.50. The Kier molecular flexibility index (Phi) is 5.58. The fourth-order valence-corrected chi connectivity index (χ4v) is 2.74. The third kappa shape index (κ3) is 4.31. The molecule has 12 heteroatoms. The van der Waals surface area contributed by atoms with E-state index in [1.165, 1.54) is 13.1 Å². The van der Waals surface area contributed by atoms with Gasteiger partial charge in [0.2, 0.25) is 11.8 Å². The number of nitrogens with one attached hydrogen (secondary N) is 2. The van der Waals surface area contributed by atoms with Crippen molar-refractivity contribution in [2.24, 2.45) is 0 Å². The van der Waals surface area contributed by atoms with Crippen molar-refractivity contribution in [3.8, 4) is 11.5 Å². The summed E-state index contributed by atoms with van der Waals surface area (Å²) in [4.78, 5) is 18.9. The minimum absolute atomic E-state index is 0.0118. The van der Waals surface area contributed by atoms with Gasteiger partial charge in [-0.15, -0.1) is 0 Å². The zero-order chi connectivity index (χ0) is 22.1. The van der Waals surface area contributed by atoms with Crippen molar-refractivity contribution in [3.05, 3.63) is 63.2 Å². The molecule has 0 aliphatic rings. The van der Waals surface area contributed by atoms with Crippen LogP contribution in [0.4, 0.5) is 35.0 Å². The number of furan rings is 1. The molecule has 8 nitrogen and oxygen atoms in total. The molecule has 2 aromatic heterocycles. The highest BCUT2D eigenvalue weighted by atomic mass is 19.4. The molecule has 0 unspecified atom stereocenters. The predicted octanol–water partition coefficient (Wildman–Crippen LogP) is 4.76. The lowest BCUT2D eigenvalue weighted by Gasteiger charge is -2.14. The van der Waals surface area contributed by atoms with Crippen molar-refractivity contribution >= 4 is 17.5 Å². The van der Waals surface area contributed by atoms with Gasteiger partial charge in [0.05, 0.1) is 10.5 Å². The van der Waals surface area contributed by atoms with Gasteiger partial charge < -0.3 is 15.1 Å². The highest BCUT2D eigenvalue weighted by Gasteiger charge is 2.34. The first kappa shape index (κ1) is 21.0. The lowest BCUT2D eigenvalue weighted by molar-refractivity contribution is -0.383. The van der Waals surface area contributed by atoms with E-state index < -0.39 is 34.7 Å². The molecule has 0 amide bonds. The third-order valence-corrected chi connectivity index (χ3v) is 4.09. The lowest BCUT2D eigenvalue weighted by Crippen LogP contribution is -2.14. The number of aryl methyl sites for hydroxylation is 1. The monoisotopic (exact) mass is 425 g/mol. The van der Waals surface area contributed by atoms with Gasteiger partial charge in [0.15, 0.2) is 11.5 Å². The van der Waals surface area contributed by atoms with Crippen LogP contribution in [0.15, 0.2) is 34.7 Å². The summed E-state index contributed by atoms with van der Waals surface area (Å²) < 4.78 is 58.4. The number of nitro groups is 1. The van der Waals surface area contributed by atoms with Gasteiger partial charge in [-0.25, -0.2) is 9.37 Å². The topological polar surface area (TPSA) is 106 Å². The number of alkyl halides is 3. The second-order valence-electron chi connectivity index (χ2n) is 6.16. The van der Waals surface area contributed by atoms with Crippen LogP contribution in [0.5, 0.6) is 0 Å². The van der Waals surface area contributed by atoms with E-state index in [2.05, 4.69) is 20.6 Å². The van der Waals surface area contributed by atoms with E-state index in [0.717, 1.165) is 12.1 Å². The fourth-order valence-electron chi connectivity index (χ4n) is 2.74. The zero-order valence-electron chi connectivity index (χ0n) is 15.7. The van der Waals surface area contributed by atoms with Gasteiger partial charge in [0.25, 0.3) is 0 Å². The third-order valence-electron chi connectivity index (χ3n) is 4.09. The highest BCUT2D eigenvalue weighted by molar-refractivity contribution is 5.76. The summed E-state index contributed by atoms with van der Waals surface area (Å²) in [6, 6.07) is 5.25. The molecule has 0 fully saturated rings. The number of aromatic nitrogens is 2. The van der Waals surface area contributed by atoms with Crippen molar-refractivity contribution in [2.75, 3.05) is 17.7 Å². The second kappa shape index (κ2) is 7.97. The summed E-state index contributed by atoms with van der Waals surface area (Å²) >= 11 is 0. The van der Waals surface area contributed by atoms with Crippen LogP contribution in [0.2, 0.25) is 0 Å². The van der Waals surface area contributed by atoms with E-state index in [0.29, 0.717) is 11.8 Å². The quantitative estimate of drug-likeness (QED) is 0.333. The van der Waals surface area contributed by atoms with Gasteiger partial charge in [0.1, 0.15) is 11.6 Å². The molecule has 1 aromatic carbocycles. The van der Waals surface area contributed by atoms with Crippen LogP contribution in [0.3, 0.4) is 0 Å². The number of benzene rings is 1. The van der Waals surface area contributed by atoms with Crippen LogP contribution in [-0.4, -0.2) is 21.9 Å². The normalized spacial score (nSPS) is 11.4. The Morgan fingerprint density at radius 2 is 1.93 bits per heavy atom. The summed E-state index contributed by atoms with van der Waals surface area (Å²) in [6.07, 6.45) is -4.80. The van der Waals surface area contributed by atoms with Gasteiger partial charge >= 0.3 is 11.9 Å². The summed E-state index contributed by atoms with van der Waals surface area (Å²) in [5, 5.41) is 16.9. The number of hydrogen-bond donors (Lipinski definition) is 2. The standard InChI is InChI=1S/C18H15F4N5O3/c1-9-3-6-13(30-9)14-15(27(28)29)16(26-17(23-2)25-14)24-8-10-4-5-11(19)7-12(10)18(20,21)22/h3-7H,8H2,1-2H3,(H2,23,24,25,26). The molecule has 0 aliphatic heterocycles. The average Bonchev–Trinajstić information content (AvgIpc) is 3.11. The summed E-state index contributed by atoms with van der Waals surface area (Å²) in [5.74, 6) is -0.798. The maximum absolute atomic E-state index is 13.3.